The van der Waals surface area contributed by atoms with Crippen molar-refractivity contribution in [3.8, 4) is 18.0 Å². The number of amides is 1. The molecule has 0 unspecified atom stereocenters. The number of thiophene rings is 1. The molecule has 1 amide bonds. The zero-order valence-corrected chi connectivity index (χ0v) is 28.5. The van der Waals surface area contributed by atoms with Crippen LogP contribution in [0.15, 0.2) is 60.4 Å². The lowest BCUT2D eigenvalue weighted by atomic mass is 10.1. The number of nitrogens with one attached hydrogen (secondary N) is 2. The summed E-state index contributed by atoms with van der Waals surface area (Å²) in [5.74, 6) is -0.307. The molecular formula is C35H35N9O5S. The fourth-order valence-corrected chi connectivity index (χ4v) is 5.82. The molecule has 5 rings (SSSR count). The molecule has 0 radical (unpaired) electrons. The number of nitrogen functional groups attached to an aromatic ring is 1. The maximum atomic E-state index is 12.5. The van der Waals surface area contributed by atoms with Crippen LogP contribution in [-0.2, 0) is 27.4 Å². The Labute approximate surface area is 292 Å². The predicted octanol–water partition coefficient (Wildman–Crippen LogP) is 5.62. The summed E-state index contributed by atoms with van der Waals surface area (Å²) in [4.78, 5) is 42.9. The number of aromatic nitrogens is 4. The van der Waals surface area contributed by atoms with E-state index in [1.165, 1.54) is 23.7 Å². The monoisotopic (exact) mass is 693 g/mol. The Kier molecular flexibility index (Phi) is 11.1. The Morgan fingerprint density at radius 3 is 2.60 bits per heavy atom. The number of nitrogens with zero attached hydrogens (tertiary/aromatic N) is 6. The quantitative estimate of drug-likeness (QED) is 0.0780. The summed E-state index contributed by atoms with van der Waals surface area (Å²) < 4.78 is 17.5. The smallest absolute Gasteiger partial charge is 0.407 e. The van der Waals surface area contributed by atoms with E-state index in [4.69, 9.17) is 19.9 Å². The van der Waals surface area contributed by atoms with E-state index in [-0.39, 0.29) is 43.6 Å². The summed E-state index contributed by atoms with van der Waals surface area (Å²) in [5, 5.41) is 22.5. The molecule has 5 aromatic rings. The van der Waals surface area contributed by atoms with E-state index < -0.39 is 17.7 Å². The van der Waals surface area contributed by atoms with Gasteiger partial charge in [-0.1, -0.05) is 30.3 Å². The number of alkyl carbamates (subject to hydrolysis) is 1. The predicted molar refractivity (Wildman–Crippen MR) is 189 cm³/mol. The van der Waals surface area contributed by atoms with Crippen LogP contribution >= 0.6 is 11.3 Å². The third-order valence-electron chi connectivity index (χ3n) is 7.10. The standard InChI is InChI=1S/C35H35N9O5S/c1-35(2,3)49-32(45)25(18-37)16-27-15-24-9-10-26(17-28(24)50-27)44(12-4-11-36)13-14-47-34(46)39-19-22-5-7-23(8-6-22)20-48-31-29-30(41-21-40-29)42-33(38)43-31/h5-10,15-17,21H,4,12-14,19-20H2,1-3H3,(H,39,46)(H3,38,40,41,42,43)/b25-16+. The molecule has 0 saturated carbocycles. The highest BCUT2D eigenvalue weighted by Gasteiger charge is 2.20. The second-order valence-electron chi connectivity index (χ2n) is 12.0. The molecule has 50 heavy (non-hydrogen) atoms. The Hall–Kier alpha value is -6.19. The van der Waals surface area contributed by atoms with Gasteiger partial charge in [-0.25, -0.2) is 14.6 Å². The Morgan fingerprint density at radius 1 is 1.08 bits per heavy atom. The van der Waals surface area contributed by atoms with Crippen LogP contribution in [0.5, 0.6) is 5.88 Å². The van der Waals surface area contributed by atoms with Crippen LogP contribution in [-0.4, -0.2) is 57.3 Å². The normalized spacial score (nSPS) is 11.5. The topological polar surface area (TPSA) is 205 Å². The van der Waals surface area contributed by atoms with E-state index in [1.54, 1.807) is 20.8 Å². The first-order valence-corrected chi connectivity index (χ1v) is 16.4. The Balaban J connectivity index is 1.12. The van der Waals surface area contributed by atoms with Crippen LogP contribution in [0.1, 0.15) is 43.2 Å². The number of imidazole rings is 1. The van der Waals surface area contributed by atoms with Crippen molar-refractivity contribution in [2.45, 2.75) is 45.9 Å². The lowest BCUT2D eigenvalue weighted by molar-refractivity contribution is -0.149. The number of hydrogen-bond acceptors (Lipinski definition) is 13. The van der Waals surface area contributed by atoms with Gasteiger partial charge < -0.3 is 35.1 Å². The third-order valence-corrected chi connectivity index (χ3v) is 8.15. The van der Waals surface area contributed by atoms with Crippen molar-refractivity contribution in [1.82, 2.24) is 25.3 Å². The van der Waals surface area contributed by atoms with Crippen molar-refractivity contribution in [2.24, 2.45) is 0 Å². The summed E-state index contributed by atoms with van der Waals surface area (Å²) >= 11 is 1.43. The molecule has 0 aliphatic carbocycles. The van der Waals surface area contributed by atoms with Crippen LogP contribution < -0.4 is 20.7 Å². The van der Waals surface area contributed by atoms with Gasteiger partial charge in [0.1, 0.15) is 30.5 Å². The summed E-state index contributed by atoms with van der Waals surface area (Å²) in [6, 6.07) is 19.4. The average Bonchev–Trinajstić information content (AvgIpc) is 3.72. The molecular weight excluding hydrogens is 659 g/mol. The molecule has 0 spiro atoms. The van der Waals surface area contributed by atoms with Crippen molar-refractivity contribution in [3.05, 3.63) is 76.4 Å². The number of nitrogens with two attached hydrogens (primary N) is 1. The van der Waals surface area contributed by atoms with Crippen LogP contribution in [0.25, 0.3) is 27.3 Å². The van der Waals surface area contributed by atoms with Crippen LogP contribution in [0.3, 0.4) is 0 Å². The number of fused-ring (bicyclic) bond motifs is 2. The number of anilines is 2. The van der Waals surface area contributed by atoms with Gasteiger partial charge in [0.15, 0.2) is 11.2 Å². The fourth-order valence-electron chi connectivity index (χ4n) is 4.78. The van der Waals surface area contributed by atoms with E-state index >= 15 is 0 Å². The first kappa shape index (κ1) is 35.1. The highest BCUT2D eigenvalue weighted by Crippen LogP contribution is 2.31. The molecule has 256 valence electrons. The number of ether oxygens (including phenoxy) is 3. The highest BCUT2D eigenvalue weighted by atomic mass is 32.1. The summed E-state index contributed by atoms with van der Waals surface area (Å²) in [7, 11) is 0. The Morgan fingerprint density at radius 2 is 1.86 bits per heavy atom. The van der Waals surface area contributed by atoms with Gasteiger partial charge in [0.05, 0.1) is 25.4 Å². The highest BCUT2D eigenvalue weighted by molar-refractivity contribution is 7.19. The number of aromatic amines is 1. The maximum absolute atomic E-state index is 12.5. The van der Waals surface area contributed by atoms with Gasteiger partial charge >= 0.3 is 12.1 Å². The van der Waals surface area contributed by atoms with Gasteiger partial charge in [0.2, 0.25) is 11.8 Å². The molecule has 4 N–H and O–H groups in total. The number of carbonyl (C=O) groups is 2. The largest absolute Gasteiger partial charge is 0.471 e. The number of nitriles is 2. The number of hydrogen-bond donors (Lipinski definition) is 3. The minimum absolute atomic E-state index is 0.0811. The van der Waals surface area contributed by atoms with Crippen LogP contribution in [0.4, 0.5) is 16.4 Å². The van der Waals surface area contributed by atoms with E-state index in [0.717, 1.165) is 31.8 Å². The molecule has 14 nitrogen and oxygen atoms in total. The Bertz CT molecular complexity index is 2100. The molecule has 15 heteroatoms. The lowest BCUT2D eigenvalue weighted by Gasteiger charge is -2.23. The number of rotatable bonds is 13. The average molecular weight is 694 g/mol. The number of H-pyrrole nitrogens is 1. The molecule has 0 fully saturated rings. The van der Waals surface area contributed by atoms with Gasteiger partial charge in [-0.15, -0.1) is 11.3 Å². The van der Waals surface area contributed by atoms with E-state index in [1.807, 2.05) is 59.5 Å². The molecule has 0 atom stereocenters. The first-order chi connectivity index (χ1) is 24.0. The second kappa shape index (κ2) is 15.8. The summed E-state index contributed by atoms with van der Waals surface area (Å²) in [6.45, 7) is 6.65. The summed E-state index contributed by atoms with van der Waals surface area (Å²) in [5.41, 5.74) is 8.54. The van der Waals surface area contributed by atoms with Gasteiger partial charge in [-0.05, 0) is 61.6 Å². The molecule has 0 bridgehead atoms. The minimum atomic E-state index is -0.714. The first-order valence-electron chi connectivity index (χ1n) is 15.6. The fraction of sp³-hybridized carbons (Fsp3) is 0.286. The van der Waals surface area contributed by atoms with Gasteiger partial charge in [0.25, 0.3) is 0 Å². The second-order valence-corrected chi connectivity index (χ2v) is 13.1. The van der Waals surface area contributed by atoms with Crippen LogP contribution in [0.2, 0.25) is 0 Å². The zero-order chi connectivity index (χ0) is 35.7. The van der Waals surface area contributed by atoms with Gasteiger partial charge in [0, 0.05) is 28.4 Å². The third kappa shape index (κ3) is 9.46. The van der Waals surface area contributed by atoms with Crippen molar-refractivity contribution in [2.75, 3.05) is 30.3 Å². The molecule has 3 aromatic heterocycles. The van der Waals surface area contributed by atoms with Crippen molar-refractivity contribution in [3.63, 3.8) is 0 Å². The molecule has 0 aliphatic rings. The molecule has 0 aliphatic heterocycles. The zero-order valence-electron chi connectivity index (χ0n) is 27.7. The van der Waals surface area contributed by atoms with Crippen LogP contribution in [0, 0.1) is 22.7 Å². The molecule has 2 aromatic carbocycles. The minimum Gasteiger partial charge on any atom is -0.471 e. The summed E-state index contributed by atoms with van der Waals surface area (Å²) in [6.07, 6.45) is 2.74. The van der Waals surface area contributed by atoms with Crippen molar-refractivity contribution < 1.29 is 23.8 Å². The van der Waals surface area contributed by atoms with E-state index in [0.29, 0.717) is 24.3 Å². The van der Waals surface area contributed by atoms with E-state index in [2.05, 4.69) is 31.3 Å². The number of esters is 1. The molecule has 3 heterocycles. The van der Waals surface area contributed by atoms with Gasteiger partial charge in [-0.2, -0.15) is 20.5 Å². The maximum Gasteiger partial charge on any atom is 0.407 e. The van der Waals surface area contributed by atoms with E-state index in [9.17, 15) is 20.1 Å². The van der Waals surface area contributed by atoms with Crippen molar-refractivity contribution >= 4 is 62.4 Å². The molecule has 0 saturated heterocycles. The lowest BCUT2D eigenvalue weighted by Crippen LogP contribution is -2.31. The SMILES string of the molecule is CC(C)(C)OC(=O)/C(C#N)=C/c1cc2ccc(N(CCC#N)CCOC(=O)NCc3ccc(COc4nc(N)nc5[nH]cnc45)cc3)cc2s1. The van der Waals surface area contributed by atoms with Gasteiger partial charge in [-0.3, -0.25) is 0 Å². The number of carbonyl (C=O) groups excluding carboxylic acids is 2. The number of benzene rings is 2. The van der Waals surface area contributed by atoms with Crippen molar-refractivity contribution in [1.29, 1.82) is 10.5 Å².